The zero-order valence-electron chi connectivity index (χ0n) is 22.3. The van der Waals surface area contributed by atoms with Crippen LogP contribution in [0.2, 0.25) is 0 Å². The maximum absolute atomic E-state index is 12.9. The van der Waals surface area contributed by atoms with E-state index in [4.69, 9.17) is 18.9 Å². The molecule has 0 bridgehead atoms. The van der Waals surface area contributed by atoms with Gasteiger partial charge in [0.05, 0.1) is 13.2 Å². The molecule has 4 aromatic rings. The van der Waals surface area contributed by atoms with Crippen molar-refractivity contribution >= 4 is 45.6 Å². The Morgan fingerprint density at radius 3 is 1.45 bits per heavy atom. The third kappa shape index (κ3) is 5.50. The smallest absolute Gasteiger partial charge is 0.349 e. The van der Waals surface area contributed by atoms with Crippen molar-refractivity contribution in [1.82, 2.24) is 0 Å². The minimum absolute atomic E-state index is 0.0157. The fourth-order valence-corrected chi connectivity index (χ4v) is 5.24. The molecule has 0 aromatic heterocycles. The Bertz CT molecular complexity index is 1710. The molecular weight excluding hydrogens is 532 g/mol. The van der Waals surface area contributed by atoms with E-state index in [1.165, 1.54) is 12.2 Å². The van der Waals surface area contributed by atoms with Gasteiger partial charge in [0.15, 0.2) is 12.2 Å². The molecule has 2 heterocycles. The molecule has 2 aliphatic rings. The van der Waals surface area contributed by atoms with Crippen LogP contribution in [-0.4, -0.2) is 49.6 Å². The topological polar surface area (TPSA) is 119 Å². The van der Waals surface area contributed by atoms with Gasteiger partial charge >= 0.3 is 11.9 Å². The van der Waals surface area contributed by atoms with E-state index in [0.29, 0.717) is 11.1 Å². The Hall–Kier alpha value is -5.28. The first kappa shape index (κ1) is 26.9. The number of hydrogen-bond donors (Lipinski definition) is 0. The van der Waals surface area contributed by atoms with E-state index < -0.39 is 36.4 Å². The lowest BCUT2D eigenvalue weighted by molar-refractivity contribution is -0.149. The zero-order valence-corrected chi connectivity index (χ0v) is 22.3. The van der Waals surface area contributed by atoms with Crippen LogP contribution < -0.4 is 0 Å². The monoisotopic (exact) mass is 556 g/mol. The van der Waals surface area contributed by atoms with Gasteiger partial charge < -0.3 is 18.9 Å². The predicted octanol–water partition coefficient (Wildman–Crippen LogP) is 5.13. The fourth-order valence-electron chi connectivity index (χ4n) is 5.24. The number of carbonyl (C=O) groups is 2. The SMILES string of the molecule is N#C/C(=C\c1ccc2ccccc2c1)C(=O)O[C@H]1CO[C@H]2[C@@H]1OC[C@H]2OC(=O)/C(C#N)=C/c1ccc2ccccc2c1. The van der Waals surface area contributed by atoms with E-state index in [0.717, 1.165) is 21.5 Å². The Kier molecular flexibility index (Phi) is 7.49. The summed E-state index contributed by atoms with van der Waals surface area (Å²) in [5.41, 5.74) is 1.06. The molecule has 0 radical (unpaired) electrons. The summed E-state index contributed by atoms with van der Waals surface area (Å²) in [6, 6.07) is 30.7. The van der Waals surface area contributed by atoms with E-state index in [2.05, 4.69) is 0 Å². The number of ether oxygens (including phenoxy) is 4. The van der Waals surface area contributed by atoms with Gasteiger partial charge in [0.25, 0.3) is 0 Å². The van der Waals surface area contributed by atoms with Crippen LogP contribution >= 0.6 is 0 Å². The second-order valence-electron chi connectivity index (χ2n) is 10.0. The summed E-state index contributed by atoms with van der Waals surface area (Å²) in [7, 11) is 0. The molecule has 4 aromatic carbocycles. The summed E-state index contributed by atoms with van der Waals surface area (Å²) in [5, 5.41) is 23.3. The number of rotatable bonds is 6. The fraction of sp³-hybridized carbons (Fsp3) is 0.176. The highest BCUT2D eigenvalue weighted by molar-refractivity contribution is 5.99. The van der Waals surface area contributed by atoms with Crippen molar-refractivity contribution in [2.24, 2.45) is 0 Å². The van der Waals surface area contributed by atoms with Crippen LogP contribution in [0.1, 0.15) is 11.1 Å². The third-order valence-corrected chi connectivity index (χ3v) is 7.33. The number of nitriles is 2. The minimum Gasteiger partial charge on any atom is -0.453 e. The quantitative estimate of drug-likeness (QED) is 0.182. The van der Waals surface area contributed by atoms with Gasteiger partial charge in [0, 0.05) is 0 Å². The summed E-state index contributed by atoms with van der Waals surface area (Å²) < 4.78 is 22.7. The van der Waals surface area contributed by atoms with Crippen LogP contribution in [0.25, 0.3) is 33.7 Å². The normalized spacial score (nSPS) is 21.9. The Balaban J connectivity index is 1.10. The lowest BCUT2D eigenvalue weighted by atomic mass is 10.1. The number of fused-ring (bicyclic) bond motifs is 3. The van der Waals surface area contributed by atoms with Gasteiger partial charge in [0.2, 0.25) is 0 Å². The van der Waals surface area contributed by atoms with Gasteiger partial charge in [-0.25, -0.2) is 9.59 Å². The van der Waals surface area contributed by atoms with Crippen LogP contribution in [0.5, 0.6) is 0 Å². The Morgan fingerprint density at radius 2 is 1.05 bits per heavy atom. The first-order chi connectivity index (χ1) is 20.5. The average Bonchev–Trinajstić information content (AvgIpc) is 3.61. The summed E-state index contributed by atoms with van der Waals surface area (Å²) in [6.07, 6.45) is 0.0250. The van der Waals surface area contributed by atoms with E-state index >= 15 is 0 Å². The van der Waals surface area contributed by atoms with E-state index in [-0.39, 0.29) is 24.4 Å². The Labute approximate surface area is 241 Å². The predicted molar refractivity (Wildman–Crippen MR) is 154 cm³/mol. The standard InChI is InChI=1S/C34H24N2O6/c35-17-27(15-21-9-11-23-5-1-3-7-25(23)13-21)33(37)41-29-19-39-32-30(20-40-31(29)32)42-34(38)28(18-36)16-22-10-12-24-6-2-4-8-26(24)14-22/h1-16,29-32H,19-20H2/b27-15+,28-16+/t29-,30+,31-,32-/m1/s1. The highest BCUT2D eigenvalue weighted by atomic mass is 16.7. The minimum atomic E-state index is -0.797. The van der Waals surface area contributed by atoms with Crippen molar-refractivity contribution in [2.75, 3.05) is 13.2 Å². The molecule has 4 atom stereocenters. The molecular formula is C34H24N2O6. The maximum Gasteiger partial charge on any atom is 0.349 e. The lowest BCUT2D eigenvalue weighted by Gasteiger charge is -2.17. The number of hydrogen-bond acceptors (Lipinski definition) is 8. The average molecular weight is 557 g/mol. The van der Waals surface area contributed by atoms with E-state index in [1.54, 1.807) is 0 Å². The van der Waals surface area contributed by atoms with Crippen LogP contribution in [0.4, 0.5) is 0 Å². The molecule has 0 N–H and O–H groups in total. The van der Waals surface area contributed by atoms with Gasteiger partial charge in [-0.05, 0) is 57.0 Å². The van der Waals surface area contributed by atoms with Crippen molar-refractivity contribution in [1.29, 1.82) is 10.5 Å². The molecule has 0 saturated carbocycles. The maximum atomic E-state index is 12.9. The van der Waals surface area contributed by atoms with Crippen molar-refractivity contribution in [3.05, 3.63) is 107 Å². The molecule has 8 heteroatoms. The second-order valence-corrected chi connectivity index (χ2v) is 10.0. The molecule has 2 fully saturated rings. The van der Waals surface area contributed by atoms with Crippen molar-refractivity contribution in [3.8, 4) is 12.1 Å². The number of nitrogens with zero attached hydrogens (tertiary/aromatic N) is 2. The summed E-state index contributed by atoms with van der Waals surface area (Å²) in [5.74, 6) is -1.59. The van der Waals surface area contributed by atoms with Gasteiger partial charge in [0.1, 0.15) is 35.5 Å². The summed E-state index contributed by atoms with van der Waals surface area (Å²) >= 11 is 0. The van der Waals surface area contributed by atoms with Crippen molar-refractivity contribution < 1.29 is 28.5 Å². The van der Waals surface area contributed by atoms with Crippen LogP contribution in [-0.2, 0) is 28.5 Å². The van der Waals surface area contributed by atoms with Gasteiger partial charge in [-0.15, -0.1) is 0 Å². The van der Waals surface area contributed by atoms with Gasteiger partial charge in [-0.3, -0.25) is 0 Å². The number of carbonyl (C=O) groups excluding carboxylic acids is 2. The van der Waals surface area contributed by atoms with Gasteiger partial charge in [-0.2, -0.15) is 10.5 Å². The second kappa shape index (κ2) is 11.7. The molecule has 42 heavy (non-hydrogen) atoms. The van der Waals surface area contributed by atoms with Crippen LogP contribution in [0.3, 0.4) is 0 Å². The molecule has 0 amide bonds. The highest BCUT2D eigenvalue weighted by Gasteiger charge is 2.51. The van der Waals surface area contributed by atoms with Crippen molar-refractivity contribution in [3.63, 3.8) is 0 Å². The Morgan fingerprint density at radius 1 is 0.643 bits per heavy atom. The van der Waals surface area contributed by atoms with E-state index in [1.807, 2.05) is 97.1 Å². The molecule has 6 rings (SSSR count). The lowest BCUT2D eigenvalue weighted by Crippen LogP contribution is -2.36. The summed E-state index contributed by atoms with van der Waals surface area (Å²) in [4.78, 5) is 25.8. The van der Waals surface area contributed by atoms with Crippen LogP contribution in [0.15, 0.2) is 96.1 Å². The number of esters is 2. The summed E-state index contributed by atoms with van der Waals surface area (Å²) in [6.45, 7) is 0.0314. The van der Waals surface area contributed by atoms with Gasteiger partial charge in [-0.1, -0.05) is 72.8 Å². The molecule has 0 unspecified atom stereocenters. The first-order valence-electron chi connectivity index (χ1n) is 13.4. The molecule has 0 spiro atoms. The molecule has 2 saturated heterocycles. The largest absolute Gasteiger partial charge is 0.453 e. The molecule has 2 aliphatic heterocycles. The third-order valence-electron chi connectivity index (χ3n) is 7.33. The number of benzene rings is 4. The molecule has 206 valence electrons. The molecule has 8 nitrogen and oxygen atoms in total. The zero-order chi connectivity index (χ0) is 29.1. The van der Waals surface area contributed by atoms with Crippen molar-refractivity contribution in [2.45, 2.75) is 24.4 Å². The van der Waals surface area contributed by atoms with Crippen LogP contribution in [0, 0.1) is 22.7 Å². The first-order valence-corrected chi connectivity index (χ1v) is 13.4. The molecule has 0 aliphatic carbocycles. The highest BCUT2D eigenvalue weighted by Crippen LogP contribution is 2.32. The van der Waals surface area contributed by atoms with E-state index in [9.17, 15) is 20.1 Å².